The predicted octanol–water partition coefficient (Wildman–Crippen LogP) is 4.04. The highest BCUT2D eigenvalue weighted by atomic mass is 16.5. The van der Waals surface area contributed by atoms with Crippen LogP contribution in [0.3, 0.4) is 0 Å². The summed E-state index contributed by atoms with van der Waals surface area (Å²) >= 11 is 0. The maximum atomic E-state index is 9.36. The van der Waals surface area contributed by atoms with Gasteiger partial charge in [0.2, 0.25) is 0 Å². The number of morpholine rings is 1. The van der Waals surface area contributed by atoms with E-state index in [0.717, 1.165) is 46.6 Å². The second kappa shape index (κ2) is 7.50. The molecule has 0 spiro atoms. The lowest BCUT2D eigenvalue weighted by molar-refractivity contribution is 0.0907. The molecule has 1 N–H and O–H groups in total. The lowest BCUT2D eigenvalue weighted by Gasteiger charge is -2.36. The van der Waals surface area contributed by atoms with Gasteiger partial charge in [-0.1, -0.05) is 12.1 Å². The first kappa shape index (κ1) is 19.1. The molecule has 2 aliphatic heterocycles. The Balaban J connectivity index is 1.42. The molecule has 2 aromatic heterocycles. The van der Waals surface area contributed by atoms with Gasteiger partial charge in [0.15, 0.2) is 11.5 Å². The number of nitrogens with zero attached hydrogens (tertiary/aromatic N) is 5. The van der Waals surface area contributed by atoms with Crippen molar-refractivity contribution in [3.63, 3.8) is 0 Å². The number of hydrogen-bond donors (Lipinski definition) is 1. The van der Waals surface area contributed by atoms with Crippen molar-refractivity contribution in [1.82, 2.24) is 14.6 Å². The number of fused-ring (bicyclic) bond motifs is 5. The van der Waals surface area contributed by atoms with Gasteiger partial charge in [-0.25, -0.2) is 9.50 Å². The number of rotatable bonds is 4. The van der Waals surface area contributed by atoms with E-state index >= 15 is 0 Å². The summed E-state index contributed by atoms with van der Waals surface area (Å²) in [6.07, 6.45) is 6.01. The number of ether oxygens (including phenoxy) is 1. The van der Waals surface area contributed by atoms with Gasteiger partial charge in [0.1, 0.15) is 0 Å². The van der Waals surface area contributed by atoms with Gasteiger partial charge in [-0.2, -0.15) is 5.26 Å². The lowest BCUT2D eigenvalue weighted by atomic mass is 10.0. The van der Waals surface area contributed by atoms with E-state index in [0.29, 0.717) is 24.2 Å². The molecule has 160 valence electrons. The van der Waals surface area contributed by atoms with E-state index in [1.807, 2.05) is 29.8 Å². The third-order valence-electron chi connectivity index (χ3n) is 6.88. The van der Waals surface area contributed by atoms with Crippen molar-refractivity contribution in [1.29, 1.82) is 5.26 Å². The van der Waals surface area contributed by atoms with Gasteiger partial charge >= 0.3 is 0 Å². The molecule has 2 atom stereocenters. The molecule has 6 rings (SSSR count). The Kier molecular flexibility index (Phi) is 4.47. The highest BCUT2D eigenvalue weighted by Gasteiger charge is 2.37. The van der Waals surface area contributed by atoms with Crippen LogP contribution in [0.4, 0.5) is 11.5 Å². The van der Waals surface area contributed by atoms with E-state index in [1.165, 1.54) is 18.5 Å². The highest BCUT2D eigenvalue weighted by Crippen LogP contribution is 2.37. The largest absolute Gasteiger partial charge is 0.377 e. The highest BCUT2D eigenvalue weighted by molar-refractivity contribution is 6.01. The van der Waals surface area contributed by atoms with Crippen LogP contribution in [0.25, 0.3) is 16.4 Å². The number of imidazole rings is 1. The predicted molar refractivity (Wildman–Crippen MR) is 124 cm³/mol. The topological polar surface area (TPSA) is 78.5 Å². The summed E-state index contributed by atoms with van der Waals surface area (Å²) < 4.78 is 7.60. The number of nitrogens with one attached hydrogen (secondary N) is 1. The molecule has 0 radical (unpaired) electrons. The fraction of sp³-hybridized carbons (Fsp3) is 0.320. The van der Waals surface area contributed by atoms with E-state index in [1.54, 1.807) is 6.20 Å². The van der Waals surface area contributed by atoms with Crippen LogP contribution >= 0.6 is 0 Å². The SMILES string of the molecule is Cc1c(C#N)cccc1CNc1nn2ccnc2c2ccc(N3C4CCC3COC4)cc12. The molecule has 0 saturated carbocycles. The van der Waals surface area contributed by atoms with E-state index < -0.39 is 0 Å². The molecule has 0 amide bonds. The molecule has 7 heteroatoms. The Morgan fingerprint density at radius 2 is 2.00 bits per heavy atom. The normalized spacial score (nSPS) is 20.1. The van der Waals surface area contributed by atoms with Crippen molar-refractivity contribution in [3.05, 3.63) is 65.5 Å². The monoisotopic (exact) mass is 424 g/mol. The van der Waals surface area contributed by atoms with Crippen molar-refractivity contribution in [2.24, 2.45) is 0 Å². The van der Waals surface area contributed by atoms with Crippen LogP contribution in [0.5, 0.6) is 0 Å². The molecule has 7 nitrogen and oxygen atoms in total. The van der Waals surface area contributed by atoms with Crippen LogP contribution in [0.1, 0.15) is 29.5 Å². The Bertz CT molecular complexity index is 1350. The first-order valence-electron chi connectivity index (χ1n) is 11.1. The second-order valence-corrected chi connectivity index (χ2v) is 8.66. The number of aromatic nitrogens is 3. The average Bonchev–Trinajstić information content (AvgIpc) is 3.39. The van der Waals surface area contributed by atoms with Crippen molar-refractivity contribution >= 4 is 27.9 Å². The Morgan fingerprint density at radius 1 is 1.16 bits per heavy atom. The lowest BCUT2D eigenvalue weighted by Crippen LogP contribution is -2.45. The van der Waals surface area contributed by atoms with Crippen molar-refractivity contribution < 1.29 is 4.74 Å². The van der Waals surface area contributed by atoms with Crippen LogP contribution in [-0.4, -0.2) is 39.9 Å². The van der Waals surface area contributed by atoms with Gasteiger partial charge in [-0.3, -0.25) is 0 Å². The minimum atomic E-state index is 0.446. The molecule has 4 heterocycles. The summed E-state index contributed by atoms with van der Waals surface area (Å²) in [7, 11) is 0. The summed E-state index contributed by atoms with van der Waals surface area (Å²) in [6.45, 7) is 4.18. The first-order chi connectivity index (χ1) is 15.7. The summed E-state index contributed by atoms with van der Waals surface area (Å²) in [5.74, 6) is 0.815. The van der Waals surface area contributed by atoms with Gasteiger partial charge < -0.3 is 15.0 Å². The summed E-state index contributed by atoms with van der Waals surface area (Å²) in [5, 5.41) is 19.8. The third kappa shape index (κ3) is 2.99. The molecule has 2 aliphatic rings. The van der Waals surface area contributed by atoms with Crippen LogP contribution in [0.2, 0.25) is 0 Å². The minimum Gasteiger partial charge on any atom is -0.377 e. The quantitative estimate of drug-likeness (QED) is 0.533. The van der Waals surface area contributed by atoms with Gasteiger partial charge in [0.25, 0.3) is 0 Å². The molecule has 4 aromatic rings. The fourth-order valence-corrected chi connectivity index (χ4v) is 5.17. The molecule has 2 aromatic carbocycles. The van der Waals surface area contributed by atoms with Gasteiger partial charge in [-0.15, -0.1) is 5.10 Å². The summed E-state index contributed by atoms with van der Waals surface area (Å²) in [4.78, 5) is 7.06. The Labute approximate surface area is 186 Å². The zero-order valence-corrected chi connectivity index (χ0v) is 18.0. The Morgan fingerprint density at radius 3 is 2.81 bits per heavy atom. The van der Waals surface area contributed by atoms with Gasteiger partial charge in [0, 0.05) is 35.4 Å². The molecule has 2 bridgehead atoms. The van der Waals surface area contributed by atoms with Crippen LogP contribution in [-0.2, 0) is 11.3 Å². The second-order valence-electron chi connectivity index (χ2n) is 8.66. The van der Waals surface area contributed by atoms with E-state index in [-0.39, 0.29) is 0 Å². The summed E-state index contributed by atoms with van der Waals surface area (Å²) in [5.41, 5.74) is 4.87. The van der Waals surface area contributed by atoms with Crippen LogP contribution < -0.4 is 10.2 Å². The van der Waals surface area contributed by atoms with E-state index in [9.17, 15) is 5.26 Å². The van der Waals surface area contributed by atoms with Crippen molar-refractivity contribution in [2.75, 3.05) is 23.4 Å². The molecule has 2 saturated heterocycles. The maximum absolute atomic E-state index is 9.36. The number of nitriles is 1. The average molecular weight is 425 g/mol. The van der Waals surface area contributed by atoms with Crippen molar-refractivity contribution in [3.8, 4) is 6.07 Å². The molecular formula is C25H24N6O. The van der Waals surface area contributed by atoms with Crippen LogP contribution in [0.15, 0.2) is 48.8 Å². The molecule has 0 aliphatic carbocycles. The maximum Gasteiger partial charge on any atom is 0.161 e. The van der Waals surface area contributed by atoms with Crippen LogP contribution in [0, 0.1) is 18.3 Å². The summed E-state index contributed by atoms with van der Waals surface area (Å²) in [6, 6.07) is 15.6. The Hall–Kier alpha value is -3.63. The van der Waals surface area contributed by atoms with Gasteiger partial charge in [0.05, 0.1) is 36.9 Å². The zero-order valence-electron chi connectivity index (χ0n) is 18.0. The molecular weight excluding hydrogens is 400 g/mol. The minimum absolute atomic E-state index is 0.446. The number of anilines is 2. The molecule has 2 fully saturated rings. The number of hydrogen-bond acceptors (Lipinski definition) is 6. The van der Waals surface area contributed by atoms with E-state index in [4.69, 9.17) is 9.84 Å². The molecule has 32 heavy (non-hydrogen) atoms. The van der Waals surface area contributed by atoms with Gasteiger partial charge in [-0.05, 0) is 55.2 Å². The fourth-order valence-electron chi connectivity index (χ4n) is 5.17. The smallest absolute Gasteiger partial charge is 0.161 e. The molecule has 2 unspecified atom stereocenters. The first-order valence-corrected chi connectivity index (χ1v) is 11.1. The van der Waals surface area contributed by atoms with Crippen molar-refractivity contribution in [2.45, 2.75) is 38.4 Å². The standard InChI is InChI=1S/C25H24N6O/c1-16-17(12-26)3-2-4-18(16)13-28-24-23-11-19(31-20-5-6-21(31)15-32-14-20)7-8-22(23)25-27-9-10-30(25)29-24/h2-4,7-11,20-21H,5-6,13-15H2,1H3,(H,28,29). The van der Waals surface area contributed by atoms with E-state index in [2.05, 4.69) is 45.5 Å². The zero-order chi connectivity index (χ0) is 21.7. The third-order valence-corrected chi connectivity index (χ3v) is 6.88. The number of benzene rings is 2.